The van der Waals surface area contributed by atoms with Crippen LogP contribution in [0.5, 0.6) is 0 Å². The summed E-state index contributed by atoms with van der Waals surface area (Å²) in [7, 11) is 0. The normalized spacial score (nSPS) is 10.3. The Labute approximate surface area is 127 Å². The van der Waals surface area contributed by atoms with Crippen LogP contribution in [0.15, 0.2) is 42.5 Å². The fourth-order valence-electron chi connectivity index (χ4n) is 1.76. The average Bonchev–Trinajstić information content (AvgIpc) is 2.44. The Kier molecular flexibility index (Phi) is 5.01. The van der Waals surface area contributed by atoms with Gasteiger partial charge in [0.1, 0.15) is 0 Å². The van der Waals surface area contributed by atoms with Gasteiger partial charge in [-0.3, -0.25) is 4.79 Å². The lowest BCUT2D eigenvalue weighted by atomic mass is 10.1. The van der Waals surface area contributed by atoms with Gasteiger partial charge >= 0.3 is 0 Å². The van der Waals surface area contributed by atoms with Gasteiger partial charge < -0.3 is 10.4 Å². The number of aliphatic hydroxyl groups is 1. The van der Waals surface area contributed by atoms with E-state index in [4.69, 9.17) is 28.3 Å². The molecule has 2 N–H and O–H groups in total. The number of benzene rings is 2. The van der Waals surface area contributed by atoms with Crippen molar-refractivity contribution in [3.05, 3.63) is 63.6 Å². The van der Waals surface area contributed by atoms with Gasteiger partial charge in [0.25, 0.3) is 0 Å². The van der Waals surface area contributed by atoms with Crippen molar-refractivity contribution in [1.82, 2.24) is 0 Å². The summed E-state index contributed by atoms with van der Waals surface area (Å²) in [5.41, 5.74) is 2.06. The number of halogens is 2. The first-order chi connectivity index (χ1) is 9.60. The minimum Gasteiger partial charge on any atom is -0.392 e. The molecule has 0 spiro atoms. The molecule has 0 atom stereocenters. The first kappa shape index (κ1) is 14.9. The molecule has 2 rings (SSSR count). The zero-order chi connectivity index (χ0) is 14.5. The van der Waals surface area contributed by atoms with Gasteiger partial charge in [-0.25, -0.2) is 0 Å². The summed E-state index contributed by atoms with van der Waals surface area (Å²) >= 11 is 12.0. The minimum atomic E-state index is -0.197. The third kappa shape index (κ3) is 3.73. The van der Waals surface area contributed by atoms with Crippen molar-refractivity contribution in [1.29, 1.82) is 0 Å². The third-order valence-corrected chi connectivity index (χ3v) is 3.53. The molecular formula is C15H13Cl2NO2. The van der Waals surface area contributed by atoms with Crippen LogP contribution >= 0.6 is 23.2 Å². The second kappa shape index (κ2) is 6.75. The molecule has 0 aliphatic carbocycles. The number of rotatable bonds is 4. The van der Waals surface area contributed by atoms with Crippen molar-refractivity contribution in [2.45, 2.75) is 13.0 Å². The number of hydrogen-bond acceptors (Lipinski definition) is 2. The lowest BCUT2D eigenvalue weighted by Crippen LogP contribution is -2.14. The van der Waals surface area contributed by atoms with Crippen molar-refractivity contribution in [2.75, 3.05) is 5.32 Å². The molecule has 0 heterocycles. The van der Waals surface area contributed by atoms with E-state index in [2.05, 4.69) is 5.32 Å². The maximum Gasteiger partial charge on any atom is 0.228 e. The maximum atomic E-state index is 12.0. The predicted molar refractivity (Wildman–Crippen MR) is 81.2 cm³/mol. The van der Waals surface area contributed by atoms with Crippen LogP contribution in [0, 0.1) is 0 Å². The Bertz CT molecular complexity index is 592. The molecule has 0 fully saturated rings. The lowest BCUT2D eigenvalue weighted by Gasteiger charge is -2.08. The number of amides is 1. The van der Waals surface area contributed by atoms with Crippen LogP contribution in [0.25, 0.3) is 0 Å². The third-order valence-electron chi connectivity index (χ3n) is 2.82. The molecule has 104 valence electrons. The van der Waals surface area contributed by atoms with Gasteiger partial charge in [0.15, 0.2) is 0 Å². The molecule has 0 saturated carbocycles. The van der Waals surface area contributed by atoms with Crippen LogP contribution < -0.4 is 5.32 Å². The van der Waals surface area contributed by atoms with Gasteiger partial charge in [0.2, 0.25) is 5.91 Å². The van der Waals surface area contributed by atoms with Gasteiger partial charge in [-0.05, 0) is 35.4 Å². The molecule has 0 saturated heterocycles. The van der Waals surface area contributed by atoms with E-state index in [1.807, 2.05) is 0 Å². The van der Waals surface area contributed by atoms with E-state index < -0.39 is 0 Å². The van der Waals surface area contributed by atoms with E-state index in [1.54, 1.807) is 42.5 Å². The van der Waals surface area contributed by atoms with E-state index in [-0.39, 0.29) is 18.9 Å². The van der Waals surface area contributed by atoms with Crippen molar-refractivity contribution in [2.24, 2.45) is 0 Å². The second-order valence-electron chi connectivity index (χ2n) is 4.28. The van der Waals surface area contributed by atoms with E-state index in [9.17, 15) is 4.79 Å². The minimum absolute atomic E-state index is 0.0243. The fraction of sp³-hybridized carbons (Fsp3) is 0.133. The summed E-state index contributed by atoms with van der Waals surface area (Å²) < 4.78 is 0. The van der Waals surface area contributed by atoms with Crippen LogP contribution in [0.1, 0.15) is 11.1 Å². The molecule has 20 heavy (non-hydrogen) atoms. The molecule has 1 amide bonds. The monoisotopic (exact) mass is 309 g/mol. The van der Waals surface area contributed by atoms with Crippen LogP contribution in [0.4, 0.5) is 5.69 Å². The Hall–Kier alpha value is -1.55. The number of nitrogens with one attached hydrogen (secondary N) is 1. The summed E-state index contributed by atoms with van der Waals surface area (Å²) in [5, 5.41) is 12.7. The number of anilines is 1. The first-order valence-corrected chi connectivity index (χ1v) is 6.78. The number of carbonyl (C=O) groups is 1. The highest BCUT2D eigenvalue weighted by molar-refractivity contribution is 6.36. The van der Waals surface area contributed by atoms with Crippen LogP contribution in [-0.2, 0) is 17.8 Å². The van der Waals surface area contributed by atoms with Crippen LogP contribution in [0.3, 0.4) is 0 Å². The highest BCUT2D eigenvalue weighted by atomic mass is 35.5. The quantitative estimate of drug-likeness (QED) is 0.905. The topological polar surface area (TPSA) is 49.3 Å². The van der Waals surface area contributed by atoms with Gasteiger partial charge in [-0.15, -0.1) is 0 Å². The fourth-order valence-corrected chi connectivity index (χ4v) is 2.29. The van der Waals surface area contributed by atoms with Crippen molar-refractivity contribution in [3.8, 4) is 0 Å². The van der Waals surface area contributed by atoms with Gasteiger partial charge in [-0.2, -0.15) is 0 Å². The first-order valence-electron chi connectivity index (χ1n) is 6.02. The van der Waals surface area contributed by atoms with Crippen molar-refractivity contribution >= 4 is 34.8 Å². The summed E-state index contributed by atoms with van der Waals surface area (Å²) in [6.45, 7) is -0.0243. The van der Waals surface area contributed by atoms with Crippen molar-refractivity contribution < 1.29 is 9.90 Å². The van der Waals surface area contributed by atoms with Gasteiger partial charge in [0, 0.05) is 15.7 Å². The Morgan fingerprint density at radius 3 is 2.20 bits per heavy atom. The smallest absolute Gasteiger partial charge is 0.228 e. The van der Waals surface area contributed by atoms with E-state index >= 15 is 0 Å². The summed E-state index contributed by atoms with van der Waals surface area (Å²) in [6.07, 6.45) is 0.111. The highest BCUT2D eigenvalue weighted by Gasteiger charge is 2.10. The zero-order valence-electron chi connectivity index (χ0n) is 10.6. The maximum absolute atomic E-state index is 12.0. The molecule has 5 heteroatoms. The van der Waals surface area contributed by atoms with E-state index in [0.717, 1.165) is 5.56 Å². The molecule has 2 aromatic carbocycles. The van der Waals surface area contributed by atoms with E-state index in [1.165, 1.54) is 0 Å². The zero-order valence-corrected chi connectivity index (χ0v) is 12.1. The molecule has 0 radical (unpaired) electrons. The largest absolute Gasteiger partial charge is 0.392 e. The molecular weight excluding hydrogens is 297 g/mol. The molecule has 0 bridgehead atoms. The molecule has 0 aliphatic rings. The molecule has 3 nitrogen and oxygen atoms in total. The SMILES string of the molecule is O=C(Cc1c(Cl)cccc1Cl)Nc1ccc(CO)cc1. The second-order valence-corrected chi connectivity index (χ2v) is 5.09. The van der Waals surface area contributed by atoms with Gasteiger partial charge in [-0.1, -0.05) is 41.4 Å². The number of hydrogen-bond donors (Lipinski definition) is 2. The summed E-state index contributed by atoms with van der Waals surface area (Å²) in [4.78, 5) is 12.0. The Morgan fingerprint density at radius 2 is 1.65 bits per heavy atom. The van der Waals surface area contributed by atoms with E-state index in [0.29, 0.717) is 21.3 Å². The van der Waals surface area contributed by atoms with Crippen molar-refractivity contribution in [3.63, 3.8) is 0 Å². The Morgan fingerprint density at radius 1 is 1.05 bits per heavy atom. The average molecular weight is 310 g/mol. The Balaban J connectivity index is 2.05. The number of carbonyl (C=O) groups excluding carboxylic acids is 1. The highest BCUT2D eigenvalue weighted by Crippen LogP contribution is 2.25. The summed E-state index contributed by atoms with van der Waals surface area (Å²) in [6, 6.07) is 12.1. The number of aliphatic hydroxyl groups excluding tert-OH is 1. The molecule has 0 aromatic heterocycles. The van der Waals surface area contributed by atoms with Crippen LogP contribution in [-0.4, -0.2) is 11.0 Å². The predicted octanol–water partition coefficient (Wildman–Crippen LogP) is 3.67. The van der Waals surface area contributed by atoms with Crippen LogP contribution in [0.2, 0.25) is 10.0 Å². The molecule has 2 aromatic rings. The summed E-state index contributed by atoms with van der Waals surface area (Å²) in [5.74, 6) is -0.197. The molecule has 0 unspecified atom stereocenters. The van der Waals surface area contributed by atoms with Gasteiger partial charge in [0.05, 0.1) is 13.0 Å². The molecule has 0 aliphatic heterocycles. The lowest BCUT2D eigenvalue weighted by molar-refractivity contribution is -0.115. The standard InChI is InChI=1S/C15H13Cl2NO2/c16-13-2-1-3-14(17)12(13)8-15(20)18-11-6-4-10(9-19)5-7-11/h1-7,19H,8-9H2,(H,18,20).